The maximum absolute atomic E-state index is 15.4. The molecule has 0 radical (unpaired) electrons. The summed E-state index contributed by atoms with van der Waals surface area (Å²) in [5, 5.41) is 5.78. The molecular weight excluding hydrogens is 809 g/mol. The molecule has 0 spiro atoms. The lowest BCUT2D eigenvalue weighted by molar-refractivity contribution is -0.124. The summed E-state index contributed by atoms with van der Waals surface area (Å²) in [6.07, 6.45) is 4.84. The standard InChI is InChI=1S/C47H38Cl2F2N6O.ClH/c1-29-31(11-9-17-37(29)50)25-39-41(35-19-21-53-45(48)43(35)56(39)33-13-5-3-6-14-33)47(27-52-23-24-55(47)28-58)42-36-20-22-54-46(49)44(36)57(34-15-7-4-8-16-34)40(42)26-32-12-10-18-38(51)30(32)2;/h3-22,28,52H,23-27H2,1-2H3;1H. The molecular formula is C47H39Cl3F2N6O. The molecule has 0 aliphatic carbocycles. The third-order valence-electron chi connectivity index (χ3n) is 11.7. The molecule has 1 N–H and O–H groups in total. The molecule has 1 aliphatic rings. The lowest BCUT2D eigenvalue weighted by Gasteiger charge is -2.47. The highest BCUT2D eigenvalue weighted by molar-refractivity contribution is 6.34. The van der Waals surface area contributed by atoms with Gasteiger partial charge in [0.25, 0.3) is 0 Å². The van der Waals surface area contributed by atoms with E-state index >= 15 is 8.78 Å². The molecule has 59 heavy (non-hydrogen) atoms. The van der Waals surface area contributed by atoms with Crippen molar-refractivity contribution >= 4 is 63.8 Å². The van der Waals surface area contributed by atoms with Gasteiger partial charge in [-0.1, -0.05) is 83.9 Å². The predicted molar refractivity (Wildman–Crippen MR) is 234 cm³/mol. The summed E-state index contributed by atoms with van der Waals surface area (Å²) in [6.45, 7) is 4.75. The van der Waals surface area contributed by atoms with Crippen molar-refractivity contribution in [3.8, 4) is 11.4 Å². The summed E-state index contributed by atoms with van der Waals surface area (Å²) >= 11 is 14.3. The molecule has 1 saturated heterocycles. The van der Waals surface area contributed by atoms with Gasteiger partial charge in [0.05, 0.1) is 11.0 Å². The predicted octanol–water partition coefficient (Wildman–Crippen LogP) is 10.5. The van der Waals surface area contributed by atoms with Gasteiger partial charge in [0.2, 0.25) is 6.41 Å². The van der Waals surface area contributed by atoms with Gasteiger partial charge in [0.1, 0.15) is 17.2 Å². The zero-order chi connectivity index (χ0) is 40.1. The number of hydrogen-bond donors (Lipinski definition) is 1. The molecule has 1 aliphatic heterocycles. The van der Waals surface area contributed by atoms with Crippen LogP contribution in [0.25, 0.3) is 33.2 Å². The Kier molecular flexibility index (Phi) is 11.1. The smallest absolute Gasteiger partial charge is 0.210 e. The zero-order valence-electron chi connectivity index (χ0n) is 32.2. The minimum atomic E-state index is -1.25. The zero-order valence-corrected chi connectivity index (χ0v) is 34.6. The average Bonchev–Trinajstić information content (AvgIpc) is 3.76. The normalized spacial score (nSPS) is 13.8. The second-order valence-electron chi connectivity index (χ2n) is 14.7. The van der Waals surface area contributed by atoms with Crippen molar-refractivity contribution in [3.63, 3.8) is 0 Å². The van der Waals surface area contributed by atoms with Crippen molar-refractivity contribution in [2.75, 3.05) is 19.6 Å². The van der Waals surface area contributed by atoms with E-state index in [2.05, 4.69) is 24.4 Å². The first-order valence-electron chi connectivity index (χ1n) is 19.1. The summed E-state index contributed by atoms with van der Waals surface area (Å²) < 4.78 is 35.1. The maximum Gasteiger partial charge on any atom is 0.210 e. The number of pyridine rings is 2. The van der Waals surface area contributed by atoms with E-state index in [4.69, 9.17) is 23.2 Å². The van der Waals surface area contributed by atoms with Gasteiger partial charge in [-0.05, 0) is 84.6 Å². The number of hydrogen-bond acceptors (Lipinski definition) is 4. The van der Waals surface area contributed by atoms with Gasteiger partial charge >= 0.3 is 0 Å². The van der Waals surface area contributed by atoms with Gasteiger partial charge in [0, 0.05) is 89.5 Å². The number of benzene rings is 4. The summed E-state index contributed by atoms with van der Waals surface area (Å²) in [5.41, 5.74) is 7.49. The summed E-state index contributed by atoms with van der Waals surface area (Å²) in [6, 6.07) is 33.9. The summed E-state index contributed by atoms with van der Waals surface area (Å²) in [5.74, 6) is -0.629. The highest BCUT2D eigenvalue weighted by Gasteiger charge is 2.50. The van der Waals surface area contributed by atoms with Crippen LogP contribution in [0.5, 0.6) is 0 Å². The topological polar surface area (TPSA) is 68.0 Å². The molecule has 1 amide bonds. The van der Waals surface area contributed by atoms with Crippen molar-refractivity contribution in [1.82, 2.24) is 29.3 Å². The molecule has 0 saturated carbocycles. The van der Waals surface area contributed by atoms with Gasteiger partial charge < -0.3 is 19.4 Å². The lowest BCUT2D eigenvalue weighted by Crippen LogP contribution is -2.59. The third-order valence-corrected chi connectivity index (χ3v) is 12.3. The van der Waals surface area contributed by atoms with Crippen molar-refractivity contribution in [3.05, 3.63) is 188 Å². The van der Waals surface area contributed by atoms with Crippen molar-refractivity contribution < 1.29 is 13.6 Å². The quantitative estimate of drug-likeness (QED) is 0.116. The van der Waals surface area contributed by atoms with E-state index in [-0.39, 0.29) is 53.7 Å². The van der Waals surface area contributed by atoms with Gasteiger partial charge in [0.15, 0.2) is 10.3 Å². The van der Waals surface area contributed by atoms with Crippen LogP contribution in [0, 0.1) is 25.5 Å². The molecule has 9 rings (SSSR count). The molecule has 7 nitrogen and oxygen atoms in total. The molecule has 8 aromatic rings. The second kappa shape index (κ2) is 16.2. The Morgan fingerprint density at radius 3 is 1.58 bits per heavy atom. The Labute approximate surface area is 356 Å². The third kappa shape index (κ3) is 6.57. The molecule has 0 atom stereocenters. The second-order valence-corrected chi connectivity index (χ2v) is 15.4. The molecule has 0 bridgehead atoms. The van der Waals surface area contributed by atoms with E-state index in [1.165, 1.54) is 12.1 Å². The number of nitrogens with zero attached hydrogens (tertiary/aromatic N) is 5. The minimum Gasteiger partial charge on any atom is -0.329 e. The number of carbonyl (C=O) groups excluding carboxylic acids is 1. The SMILES string of the molecule is Cc1c(F)cccc1Cc1c(C2(c3c(Cc4cccc(F)c4C)n(-c4ccccc4)c4c(Cl)nccc34)CNCCN2C=O)c2ccnc(Cl)c2n1-c1ccccc1.Cl. The Morgan fingerprint density at radius 2 is 1.14 bits per heavy atom. The van der Waals surface area contributed by atoms with Crippen LogP contribution in [0.15, 0.2) is 122 Å². The Bertz CT molecular complexity index is 2680. The van der Waals surface area contributed by atoms with E-state index in [0.717, 1.165) is 62.2 Å². The average molecular weight is 848 g/mol. The van der Waals surface area contributed by atoms with E-state index < -0.39 is 5.54 Å². The highest BCUT2D eigenvalue weighted by atomic mass is 35.5. The number of amides is 1. The number of para-hydroxylation sites is 2. The fourth-order valence-corrected chi connectivity index (χ4v) is 9.50. The van der Waals surface area contributed by atoms with Crippen LogP contribution in [0.3, 0.4) is 0 Å². The Morgan fingerprint density at radius 1 is 0.678 bits per heavy atom. The number of halogens is 5. The van der Waals surface area contributed by atoms with Gasteiger partial charge in [-0.25, -0.2) is 18.7 Å². The van der Waals surface area contributed by atoms with Gasteiger partial charge in [-0.15, -0.1) is 12.4 Å². The summed E-state index contributed by atoms with van der Waals surface area (Å²) in [4.78, 5) is 25.0. The van der Waals surface area contributed by atoms with Crippen molar-refractivity contribution in [2.45, 2.75) is 32.2 Å². The maximum atomic E-state index is 15.4. The van der Waals surface area contributed by atoms with Crippen LogP contribution in [0.2, 0.25) is 10.3 Å². The molecule has 12 heteroatoms. The number of carbonyl (C=O) groups is 1. The van der Waals surface area contributed by atoms with Crippen molar-refractivity contribution in [1.29, 1.82) is 0 Å². The molecule has 4 aromatic carbocycles. The van der Waals surface area contributed by atoms with Crippen LogP contribution >= 0.6 is 35.6 Å². The fourth-order valence-electron chi connectivity index (χ4n) is 9.01. The first-order chi connectivity index (χ1) is 28.2. The first kappa shape index (κ1) is 40.2. The number of fused-ring (bicyclic) bond motifs is 2. The van der Waals surface area contributed by atoms with E-state index in [0.29, 0.717) is 35.2 Å². The first-order valence-corrected chi connectivity index (χ1v) is 19.9. The number of rotatable bonds is 9. The number of aromatic nitrogens is 4. The Balaban J connectivity index is 0.00000484. The molecule has 298 valence electrons. The molecule has 1 fully saturated rings. The molecule has 5 heterocycles. The van der Waals surface area contributed by atoms with Crippen LogP contribution in [-0.4, -0.2) is 50.0 Å². The summed E-state index contributed by atoms with van der Waals surface area (Å²) in [7, 11) is 0. The van der Waals surface area contributed by atoms with E-state index in [1.807, 2.05) is 89.8 Å². The van der Waals surface area contributed by atoms with Crippen LogP contribution in [0.4, 0.5) is 8.78 Å². The molecule has 4 aromatic heterocycles. The van der Waals surface area contributed by atoms with Gasteiger partial charge in [-0.3, -0.25) is 4.79 Å². The lowest BCUT2D eigenvalue weighted by atomic mass is 9.75. The van der Waals surface area contributed by atoms with Crippen LogP contribution < -0.4 is 5.32 Å². The minimum absolute atomic E-state index is 0. The van der Waals surface area contributed by atoms with Crippen molar-refractivity contribution in [2.24, 2.45) is 0 Å². The monoisotopic (exact) mass is 846 g/mol. The van der Waals surface area contributed by atoms with E-state index in [9.17, 15) is 4.79 Å². The van der Waals surface area contributed by atoms with E-state index in [1.54, 1.807) is 38.4 Å². The Hall–Kier alpha value is -5.58. The largest absolute Gasteiger partial charge is 0.329 e. The highest BCUT2D eigenvalue weighted by Crippen LogP contribution is 2.51. The fraction of sp³-hybridized carbons (Fsp3) is 0.170. The van der Waals surface area contributed by atoms with Crippen LogP contribution in [-0.2, 0) is 23.2 Å². The van der Waals surface area contributed by atoms with Crippen LogP contribution in [0.1, 0.15) is 44.8 Å². The number of piperazine rings is 1. The number of nitrogens with one attached hydrogen (secondary N) is 1. The van der Waals surface area contributed by atoms with Gasteiger partial charge in [-0.2, -0.15) is 0 Å². The molecule has 0 unspecified atom stereocenters.